The smallest absolute Gasteiger partial charge is 0.309 e. The van der Waals surface area contributed by atoms with Crippen molar-refractivity contribution in [1.82, 2.24) is 14.9 Å². The third-order valence-corrected chi connectivity index (χ3v) is 5.14. The van der Waals surface area contributed by atoms with Crippen LogP contribution in [-0.2, 0) is 14.3 Å². The Morgan fingerprint density at radius 2 is 1.72 bits per heavy atom. The second-order valence-electron chi connectivity index (χ2n) is 6.98. The van der Waals surface area contributed by atoms with Crippen molar-refractivity contribution in [1.29, 1.82) is 0 Å². The highest BCUT2D eigenvalue weighted by atomic mass is 16.5. The van der Waals surface area contributed by atoms with Crippen LogP contribution in [0.2, 0.25) is 0 Å². The normalized spacial score (nSPS) is 19.7. The molecule has 136 valence electrons. The van der Waals surface area contributed by atoms with E-state index in [1.54, 1.807) is 18.5 Å². The van der Waals surface area contributed by atoms with Gasteiger partial charge in [0.25, 0.3) is 5.91 Å². The van der Waals surface area contributed by atoms with Crippen LogP contribution in [0.3, 0.4) is 0 Å². The first-order valence-electron chi connectivity index (χ1n) is 9.10. The molecule has 1 aromatic rings. The minimum absolute atomic E-state index is 0.0737. The van der Waals surface area contributed by atoms with E-state index in [-0.39, 0.29) is 24.4 Å². The Balaban J connectivity index is 1.40. The fourth-order valence-corrected chi connectivity index (χ4v) is 3.37. The van der Waals surface area contributed by atoms with Gasteiger partial charge in [0.1, 0.15) is 0 Å². The fourth-order valence-electron chi connectivity index (χ4n) is 3.37. The van der Waals surface area contributed by atoms with E-state index in [1.807, 2.05) is 4.90 Å². The highest BCUT2D eigenvalue weighted by Gasteiger charge is 2.28. The molecule has 0 unspecified atom stereocenters. The van der Waals surface area contributed by atoms with E-state index in [1.165, 1.54) is 0 Å². The van der Waals surface area contributed by atoms with Crippen molar-refractivity contribution in [3.05, 3.63) is 18.5 Å². The fraction of sp³-hybridized carbons (Fsp3) is 0.667. The van der Waals surface area contributed by atoms with E-state index in [0.29, 0.717) is 24.7 Å². The summed E-state index contributed by atoms with van der Waals surface area (Å²) in [6.07, 6.45) is 6.89. The second-order valence-corrected chi connectivity index (χ2v) is 6.98. The third kappa shape index (κ3) is 4.67. The zero-order valence-corrected chi connectivity index (χ0v) is 14.8. The van der Waals surface area contributed by atoms with Crippen LogP contribution in [0, 0.1) is 11.8 Å². The first-order valence-corrected chi connectivity index (χ1v) is 9.10. The van der Waals surface area contributed by atoms with Crippen molar-refractivity contribution >= 4 is 17.8 Å². The molecule has 1 amide bonds. The van der Waals surface area contributed by atoms with Crippen LogP contribution in [0.5, 0.6) is 0 Å². The Morgan fingerprint density at radius 1 is 1.08 bits per heavy atom. The third-order valence-electron chi connectivity index (χ3n) is 5.14. The van der Waals surface area contributed by atoms with Crippen molar-refractivity contribution in [2.24, 2.45) is 11.8 Å². The lowest BCUT2D eigenvalue weighted by Crippen LogP contribution is -2.41. The van der Waals surface area contributed by atoms with E-state index in [2.05, 4.69) is 21.8 Å². The van der Waals surface area contributed by atoms with Gasteiger partial charge in [-0.1, -0.05) is 6.92 Å². The molecule has 2 aliphatic heterocycles. The molecular weight excluding hydrogens is 320 g/mol. The van der Waals surface area contributed by atoms with Gasteiger partial charge in [-0.3, -0.25) is 9.59 Å². The van der Waals surface area contributed by atoms with Crippen LogP contribution >= 0.6 is 0 Å². The molecule has 3 heterocycles. The molecule has 7 heteroatoms. The average Bonchev–Trinajstić information content (AvgIpc) is 2.67. The predicted octanol–water partition coefficient (Wildman–Crippen LogP) is 1.49. The van der Waals surface area contributed by atoms with Gasteiger partial charge < -0.3 is 14.5 Å². The summed E-state index contributed by atoms with van der Waals surface area (Å²) in [7, 11) is 0. The van der Waals surface area contributed by atoms with Gasteiger partial charge in [-0.15, -0.1) is 0 Å². The summed E-state index contributed by atoms with van der Waals surface area (Å²) in [5.74, 6) is 0.895. The maximum Gasteiger partial charge on any atom is 0.309 e. The molecule has 0 saturated carbocycles. The number of esters is 1. The van der Waals surface area contributed by atoms with Gasteiger partial charge in [0, 0.05) is 38.6 Å². The molecule has 0 spiro atoms. The molecule has 25 heavy (non-hydrogen) atoms. The quantitative estimate of drug-likeness (QED) is 0.769. The van der Waals surface area contributed by atoms with Gasteiger partial charge in [0.05, 0.1) is 5.92 Å². The maximum absolute atomic E-state index is 12.2. The molecule has 0 aliphatic carbocycles. The zero-order chi connectivity index (χ0) is 17.6. The minimum Gasteiger partial charge on any atom is -0.455 e. The molecule has 7 nitrogen and oxygen atoms in total. The first kappa shape index (κ1) is 17.6. The Hall–Kier alpha value is -2.18. The van der Waals surface area contributed by atoms with Crippen LogP contribution < -0.4 is 4.90 Å². The van der Waals surface area contributed by atoms with Crippen molar-refractivity contribution < 1.29 is 14.3 Å². The highest BCUT2D eigenvalue weighted by Crippen LogP contribution is 2.21. The van der Waals surface area contributed by atoms with Gasteiger partial charge in [-0.25, -0.2) is 9.97 Å². The standard InChI is InChI=1S/C18H26N4O3/c1-14-3-9-21(10-4-14)16(23)13-25-17(24)15-5-11-22(12-6-15)18-19-7-2-8-20-18/h2,7-8,14-15H,3-6,9-13H2,1H3. The molecule has 0 N–H and O–H groups in total. The Bertz CT molecular complexity index is 579. The Labute approximate surface area is 148 Å². The molecule has 0 radical (unpaired) electrons. The van der Waals surface area contributed by atoms with E-state index in [4.69, 9.17) is 4.74 Å². The summed E-state index contributed by atoms with van der Waals surface area (Å²) >= 11 is 0. The monoisotopic (exact) mass is 346 g/mol. The molecule has 1 aromatic heterocycles. The molecule has 2 fully saturated rings. The molecule has 3 rings (SSSR count). The minimum atomic E-state index is -0.257. The summed E-state index contributed by atoms with van der Waals surface area (Å²) < 4.78 is 5.28. The summed E-state index contributed by atoms with van der Waals surface area (Å²) in [6, 6.07) is 1.79. The van der Waals surface area contributed by atoms with Crippen molar-refractivity contribution in [3.63, 3.8) is 0 Å². The molecule has 2 aliphatic rings. The second kappa shape index (κ2) is 8.27. The number of carbonyl (C=O) groups excluding carboxylic acids is 2. The van der Waals surface area contributed by atoms with Gasteiger partial charge in [0.15, 0.2) is 6.61 Å². The average molecular weight is 346 g/mol. The van der Waals surface area contributed by atoms with Crippen LogP contribution in [0.25, 0.3) is 0 Å². The number of amides is 1. The van der Waals surface area contributed by atoms with Crippen molar-refractivity contribution in [3.8, 4) is 0 Å². The van der Waals surface area contributed by atoms with Crippen LogP contribution in [0.15, 0.2) is 18.5 Å². The highest BCUT2D eigenvalue weighted by molar-refractivity contribution is 5.81. The summed E-state index contributed by atoms with van der Waals surface area (Å²) in [6.45, 7) is 5.06. The number of likely N-dealkylation sites (tertiary alicyclic amines) is 1. The summed E-state index contributed by atoms with van der Waals surface area (Å²) in [5.41, 5.74) is 0. The number of hydrogen-bond donors (Lipinski definition) is 0. The summed E-state index contributed by atoms with van der Waals surface area (Å²) in [4.78, 5) is 36.7. The topological polar surface area (TPSA) is 75.6 Å². The van der Waals surface area contributed by atoms with Gasteiger partial charge in [0.2, 0.25) is 5.95 Å². The van der Waals surface area contributed by atoms with Crippen molar-refractivity contribution in [2.45, 2.75) is 32.6 Å². The number of nitrogens with zero attached hydrogens (tertiary/aromatic N) is 4. The Kier molecular flexibility index (Phi) is 5.83. The van der Waals surface area contributed by atoms with Crippen LogP contribution in [-0.4, -0.2) is 59.5 Å². The number of anilines is 1. The molecule has 0 atom stereocenters. The van der Waals surface area contributed by atoms with Gasteiger partial charge in [-0.05, 0) is 37.7 Å². The lowest BCUT2D eigenvalue weighted by atomic mass is 9.97. The molecule has 0 bridgehead atoms. The number of hydrogen-bond acceptors (Lipinski definition) is 6. The predicted molar refractivity (Wildman–Crippen MR) is 92.9 cm³/mol. The number of carbonyl (C=O) groups is 2. The molecule has 2 saturated heterocycles. The molecule has 0 aromatic carbocycles. The van der Waals surface area contributed by atoms with E-state index >= 15 is 0 Å². The summed E-state index contributed by atoms with van der Waals surface area (Å²) in [5, 5.41) is 0. The van der Waals surface area contributed by atoms with Crippen molar-refractivity contribution in [2.75, 3.05) is 37.7 Å². The number of piperidine rings is 2. The SMILES string of the molecule is CC1CCN(C(=O)COC(=O)C2CCN(c3ncccn3)CC2)CC1. The first-order chi connectivity index (χ1) is 12.1. The van der Waals surface area contributed by atoms with E-state index in [0.717, 1.165) is 39.0 Å². The lowest BCUT2D eigenvalue weighted by Gasteiger charge is -2.31. The Morgan fingerprint density at radius 3 is 2.36 bits per heavy atom. The number of rotatable bonds is 4. The van der Waals surface area contributed by atoms with E-state index in [9.17, 15) is 9.59 Å². The number of ether oxygens (including phenoxy) is 1. The van der Waals surface area contributed by atoms with Crippen LogP contribution in [0.1, 0.15) is 32.6 Å². The van der Waals surface area contributed by atoms with Gasteiger partial charge >= 0.3 is 5.97 Å². The molecular formula is C18H26N4O3. The lowest BCUT2D eigenvalue weighted by molar-refractivity contribution is -0.156. The zero-order valence-electron chi connectivity index (χ0n) is 14.8. The largest absolute Gasteiger partial charge is 0.455 e. The van der Waals surface area contributed by atoms with Gasteiger partial charge in [-0.2, -0.15) is 0 Å². The maximum atomic E-state index is 12.2. The number of aromatic nitrogens is 2. The van der Waals surface area contributed by atoms with E-state index < -0.39 is 0 Å². The van der Waals surface area contributed by atoms with Crippen LogP contribution in [0.4, 0.5) is 5.95 Å².